The number of alkyl halides is 3. The molecule has 1 aromatic carbocycles. The highest BCUT2D eigenvalue weighted by molar-refractivity contribution is 5.70. The molecule has 7 heteroatoms. The number of anilines is 1. The average molecular weight is 318 g/mol. The molecule has 0 atom stereocenters. The summed E-state index contributed by atoms with van der Waals surface area (Å²) in [4.78, 5) is 11.5. The van der Waals surface area contributed by atoms with Gasteiger partial charge < -0.3 is 4.74 Å². The van der Waals surface area contributed by atoms with E-state index in [9.17, 15) is 18.0 Å². The van der Waals surface area contributed by atoms with Gasteiger partial charge in [-0.3, -0.25) is 5.43 Å². The molecule has 2 N–H and O–H groups in total. The van der Waals surface area contributed by atoms with Crippen LogP contribution in [0.25, 0.3) is 0 Å². The van der Waals surface area contributed by atoms with Crippen molar-refractivity contribution in [2.45, 2.75) is 52.3 Å². The van der Waals surface area contributed by atoms with Gasteiger partial charge in [-0.15, -0.1) is 0 Å². The lowest BCUT2D eigenvalue weighted by Crippen LogP contribution is -2.36. The number of hydrogen-bond donors (Lipinski definition) is 2. The molecule has 0 aliphatic rings. The molecule has 0 heterocycles. The summed E-state index contributed by atoms with van der Waals surface area (Å²) in [5.41, 5.74) is 2.83. The van der Waals surface area contributed by atoms with E-state index in [1.165, 1.54) is 18.2 Å². The number of carbonyl (C=O) groups excluding carboxylic acids is 1. The second-order valence-corrected chi connectivity index (χ2v) is 6.17. The van der Waals surface area contributed by atoms with Crippen molar-refractivity contribution in [2.24, 2.45) is 0 Å². The van der Waals surface area contributed by atoms with Crippen LogP contribution >= 0.6 is 0 Å². The highest BCUT2D eigenvalue weighted by atomic mass is 19.4. The summed E-state index contributed by atoms with van der Waals surface area (Å²) in [6.07, 6.45) is -5.38. The molecule has 4 nitrogen and oxygen atoms in total. The van der Waals surface area contributed by atoms with Crippen LogP contribution in [0.2, 0.25) is 0 Å². The van der Waals surface area contributed by atoms with Gasteiger partial charge in [0, 0.05) is 0 Å². The normalized spacial score (nSPS) is 12.2. The smallest absolute Gasteiger partial charge is 0.426 e. The van der Waals surface area contributed by atoms with Crippen LogP contribution in [0.1, 0.15) is 51.7 Å². The van der Waals surface area contributed by atoms with Crippen LogP contribution in [-0.2, 0) is 10.9 Å². The van der Waals surface area contributed by atoms with Crippen molar-refractivity contribution in [3.8, 4) is 0 Å². The van der Waals surface area contributed by atoms with Crippen molar-refractivity contribution in [3.05, 3.63) is 29.3 Å². The molecular weight excluding hydrogens is 297 g/mol. The Morgan fingerprint density at radius 1 is 1.18 bits per heavy atom. The largest absolute Gasteiger partial charge is 0.443 e. The summed E-state index contributed by atoms with van der Waals surface area (Å²) in [5.74, 6) is -0.306. The van der Waals surface area contributed by atoms with Crippen LogP contribution in [0.15, 0.2) is 18.2 Å². The molecule has 1 rings (SSSR count). The highest BCUT2D eigenvalue weighted by Crippen LogP contribution is 2.39. The van der Waals surface area contributed by atoms with Crippen molar-refractivity contribution < 1.29 is 22.7 Å². The Morgan fingerprint density at radius 3 is 2.23 bits per heavy atom. The number of carbonyl (C=O) groups is 1. The number of hydrogen-bond acceptors (Lipinski definition) is 3. The summed E-state index contributed by atoms with van der Waals surface area (Å²) >= 11 is 0. The van der Waals surface area contributed by atoms with E-state index in [0.717, 1.165) is 0 Å². The zero-order valence-corrected chi connectivity index (χ0v) is 13.3. The van der Waals surface area contributed by atoms with Gasteiger partial charge in [0.2, 0.25) is 0 Å². The molecule has 22 heavy (non-hydrogen) atoms. The molecule has 0 saturated heterocycles. The minimum atomic E-state index is -4.53. The van der Waals surface area contributed by atoms with E-state index in [2.05, 4.69) is 10.9 Å². The Hall–Kier alpha value is -1.92. The maximum absolute atomic E-state index is 13.3. The van der Waals surface area contributed by atoms with Gasteiger partial charge in [-0.1, -0.05) is 26.0 Å². The Balaban J connectivity index is 3.01. The predicted octanol–water partition coefficient (Wildman–Crippen LogP) is 4.68. The van der Waals surface area contributed by atoms with Gasteiger partial charge in [0.1, 0.15) is 5.60 Å². The first kappa shape index (κ1) is 18.1. The van der Waals surface area contributed by atoms with E-state index >= 15 is 0 Å². The van der Waals surface area contributed by atoms with E-state index in [-0.39, 0.29) is 17.2 Å². The van der Waals surface area contributed by atoms with Crippen LogP contribution in [0.3, 0.4) is 0 Å². The maximum Gasteiger partial charge on any atom is 0.426 e. The number of benzene rings is 1. The van der Waals surface area contributed by atoms with Gasteiger partial charge in [0.25, 0.3) is 0 Å². The number of halogens is 3. The Morgan fingerprint density at radius 2 is 1.77 bits per heavy atom. The first-order valence-electron chi connectivity index (χ1n) is 6.87. The average Bonchev–Trinajstić information content (AvgIpc) is 2.32. The summed E-state index contributed by atoms with van der Waals surface area (Å²) in [5, 5.41) is 0. The molecule has 1 amide bonds. The van der Waals surface area contributed by atoms with Gasteiger partial charge in [-0.05, 0) is 38.3 Å². The molecular formula is C15H21F3N2O2. The molecule has 0 fully saturated rings. The molecule has 0 spiro atoms. The van der Waals surface area contributed by atoms with E-state index < -0.39 is 23.4 Å². The fraction of sp³-hybridized carbons (Fsp3) is 0.533. The Labute approximate surface area is 128 Å². The molecule has 0 aliphatic heterocycles. The first-order chi connectivity index (χ1) is 9.92. The molecule has 0 saturated carbocycles. The van der Waals surface area contributed by atoms with Gasteiger partial charge in [0.15, 0.2) is 0 Å². The maximum atomic E-state index is 13.3. The number of ether oxygens (including phenoxy) is 1. The molecule has 0 aromatic heterocycles. The predicted molar refractivity (Wildman–Crippen MR) is 78.5 cm³/mol. The van der Waals surface area contributed by atoms with Crippen molar-refractivity contribution in [2.75, 3.05) is 5.43 Å². The third-order valence-corrected chi connectivity index (χ3v) is 2.70. The quantitative estimate of drug-likeness (QED) is 0.796. The van der Waals surface area contributed by atoms with Crippen molar-refractivity contribution in [1.29, 1.82) is 0 Å². The molecule has 124 valence electrons. The van der Waals surface area contributed by atoms with Crippen molar-refractivity contribution in [3.63, 3.8) is 0 Å². The summed E-state index contributed by atoms with van der Waals surface area (Å²) in [7, 11) is 0. The number of nitrogens with one attached hydrogen (secondary N) is 2. The van der Waals surface area contributed by atoms with Gasteiger partial charge in [-0.25, -0.2) is 10.2 Å². The second-order valence-electron chi connectivity index (χ2n) is 6.17. The number of hydrazine groups is 1. The zero-order valence-electron chi connectivity index (χ0n) is 13.3. The van der Waals surface area contributed by atoms with Crippen molar-refractivity contribution in [1.82, 2.24) is 5.43 Å². The van der Waals surface area contributed by atoms with Crippen LogP contribution in [-0.4, -0.2) is 11.7 Å². The van der Waals surface area contributed by atoms with Crippen LogP contribution < -0.4 is 10.9 Å². The Bertz CT molecular complexity index is 535. The fourth-order valence-corrected chi connectivity index (χ4v) is 1.89. The van der Waals surface area contributed by atoms with E-state index in [1.807, 2.05) is 0 Å². The Kier molecular flexibility index (Phi) is 5.32. The number of amides is 1. The third-order valence-electron chi connectivity index (χ3n) is 2.70. The zero-order chi connectivity index (χ0) is 17.1. The fourth-order valence-electron chi connectivity index (χ4n) is 1.89. The topological polar surface area (TPSA) is 50.4 Å². The summed E-state index contributed by atoms with van der Waals surface area (Å²) in [6.45, 7) is 8.33. The van der Waals surface area contributed by atoms with Gasteiger partial charge in [0.05, 0.1) is 11.3 Å². The van der Waals surface area contributed by atoms with Gasteiger partial charge in [-0.2, -0.15) is 13.2 Å². The van der Waals surface area contributed by atoms with Crippen molar-refractivity contribution >= 4 is 11.8 Å². The second kappa shape index (κ2) is 6.46. The minimum absolute atomic E-state index is 0.156. The lowest BCUT2D eigenvalue weighted by atomic mass is 9.95. The van der Waals surface area contributed by atoms with E-state index in [0.29, 0.717) is 0 Å². The first-order valence-corrected chi connectivity index (χ1v) is 6.87. The minimum Gasteiger partial charge on any atom is -0.443 e. The molecule has 0 bridgehead atoms. The van der Waals surface area contributed by atoms with E-state index in [4.69, 9.17) is 4.74 Å². The molecule has 0 aliphatic carbocycles. The lowest BCUT2D eigenvalue weighted by Gasteiger charge is -2.22. The van der Waals surface area contributed by atoms with Crippen LogP contribution in [0.4, 0.5) is 23.7 Å². The van der Waals surface area contributed by atoms with Gasteiger partial charge >= 0.3 is 12.3 Å². The van der Waals surface area contributed by atoms with E-state index in [1.54, 1.807) is 34.6 Å². The molecule has 0 unspecified atom stereocenters. The number of rotatable bonds is 3. The third kappa shape index (κ3) is 5.13. The SMILES string of the molecule is CC(C)c1cccc(NNC(=O)OC(C)(C)C)c1C(F)(F)F. The lowest BCUT2D eigenvalue weighted by molar-refractivity contribution is -0.137. The molecule has 0 radical (unpaired) electrons. The van der Waals surface area contributed by atoms with Crippen LogP contribution in [0, 0.1) is 0 Å². The summed E-state index contributed by atoms with van der Waals surface area (Å²) in [6, 6.07) is 4.18. The summed E-state index contributed by atoms with van der Waals surface area (Å²) < 4.78 is 44.8. The highest BCUT2D eigenvalue weighted by Gasteiger charge is 2.37. The molecule has 1 aromatic rings. The standard InChI is InChI=1S/C15H21F3N2O2/c1-9(2)10-7-6-8-11(12(10)15(16,17)18)19-20-13(21)22-14(3,4)5/h6-9,19H,1-5H3,(H,20,21). The monoisotopic (exact) mass is 318 g/mol. The van der Waals surface area contributed by atoms with Crippen LogP contribution in [0.5, 0.6) is 0 Å².